The highest BCUT2D eigenvalue weighted by molar-refractivity contribution is 5.89. The molecule has 0 aliphatic heterocycles. The molecule has 0 unspecified atom stereocenters. The predicted octanol–water partition coefficient (Wildman–Crippen LogP) is 2.73. The number of nitrogens with zero attached hydrogens (tertiary/aromatic N) is 3. The summed E-state index contributed by atoms with van der Waals surface area (Å²) in [5.74, 6) is -0.0249. The number of aromatic amines is 1. The third-order valence-electron chi connectivity index (χ3n) is 4.08. The third-order valence-corrected chi connectivity index (χ3v) is 4.08. The Morgan fingerprint density at radius 1 is 1.17 bits per heavy atom. The van der Waals surface area contributed by atoms with Gasteiger partial charge in [0.1, 0.15) is 34.8 Å². The molecule has 30 heavy (non-hydrogen) atoms. The van der Waals surface area contributed by atoms with E-state index in [2.05, 4.69) is 9.97 Å². The average Bonchev–Trinajstić information content (AvgIpc) is 2.74. The molecule has 0 saturated heterocycles. The van der Waals surface area contributed by atoms with E-state index in [-0.39, 0.29) is 35.0 Å². The Morgan fingerprint density at radius 2 is 1.87 bits per heavy atom. The Kier molecular flexibility index (Phi) is 5.76. The summed E-state index contributed by atoms with van der Waals surface area (Å²) < 4.78 is 10.6. The first kappa shape index (κ1) is 20.1. The van der Waals surface area contributed by atoms with Crippen molar-refractivity contribution in [2.75, 3.05) is 12.3 Å². The Labute approximate surface area is 170 Å². The van der Waals surface area contributed by atoms with Crippen LogP contribution in [0.2, 0.25) is 0 Å². The van der Waals surface area contributed by atoms with Gasteiger partial charge in [0.25, 0.3) is 5.56 Å². The summed E-state index contributed by atoms with van der Waals surface area (Å²) >= 11 is 0. The maximum Gasteiger partial charge on any atom is 0.338 e. The van der Waals surface area contributed by atoms with E-state index in [0.717, 1.165) is 0 Å². The number of carbonyl (C=O) groups is 1. The second-order valence-corrected chi connectivity index (χ2v) is 5.95. The van der Waals surface area contributed by atoms with E-state index >= 15 is 0 Å². The van der Waals surface area contributed by atoms with Gasteiger partial charge in [-0.1, -0.05) is 12.1 Å². The lowest BCUT2D eigenvalue weighted by atomic mass is 9.97. The van der Waals surface area contributed by atoms with E-state index in [1.54, 1.807) is 31.2 Å². The molecule has 3 aromatic rings. The van der Waals surface area contributed by atoms with Gasteiger partial charge in [0.05, 0.1) is 12.2 Å². The van der Waals surface area contributed by atoms with Crippen molar-refractivity contribution >= 4 is 11.8 Å². The number of ether oxygens (including phenoxy) is 2. The highest BCUT2D eigenvalue weighted by Crippen LogP contribution is 2.30. The molecular formula is C21H15N5O4. The molecule has 1 aromatic carbocycles. The summed E-state index contributed by atoms with van der Waals surface area (Å²) in [5.41, 5.74) is 5.74. The Bertz CT molecular complexity index is 1250. The van der Waals surface area contributed by atoms with Crippen LogP contribution in [0.3, 0.4) is 0 Å². The number of nitrogens with one attached hydrogen (secondary N) is 1. The van der Waals surface area contributed by atoms with Crippen LogP contribution in [0.25, 0.3) is 11.1 Å². The standard InChI is InChI=1S/C21H15N5O4/c1-2-29-21(28)13-7-8-25-17(9-13)30-14-5-3-12(4-6-14)18-15(10-22)19(24)26-20(27)16(18)11-23/h3-9H,2H2,1H3,(H3,24,26,27). The molecule has 0 bridgehead atoms. The first-order chi connectivity index (χ1) is 14.5. The molecule has 3 N–H and O–H groups in total. The number of pyridine rings is 2. The first-order valence-corrected chi connectivity index (χ1v) is 8.75. The van der Waals surface area contributed by atoms with E-state index in [1.165, 1.54) is 18.3 Å². The van der Waals surface area contributed by atoms with Gasteiger partial charge in [-0.3, -0.25) is 4.79 Å². The quantitative estimate of drug-likeness (QED) is 0.618. The molecule has 0 amide bonds. The molecular weight excluding hydrogens is 386 g/mol. The second-order valence-electron chi connectivity index (χ2n) is 5.95. The Morgan fingerprint density at radius 3 is 2.50 bits per heavy atom. The molecule has 148 valence electrons. The van der Waals surface area contributed by atoms with Crippen molar-refractivity contribution in [1.82, 2.24) is 9.97 Å². The SMILES string of the molecule is CCOC(=O)c1ccnc(Oc2ccc(-c3c(C#N)c(N)[nH]c(=O)c3C#N)cc2)c1. The van der Waals surface area contributed by atoms with Crippen molar-refractivity contribution < 1.29 is 14.3 Å². The van der Waals surface area contributed by atoms with Crippen LogP contribution in [0.5, 0.6) is 11.6 Å². The van der Waals surface area contributed by atoms with Gasteiger partial charge in [0.15, 0.2) is 0 Å². The number of H-pyrrole nitrogens is 1. The maximum atomic E-state index is 12.0. The molecule has 9 heteroatoms. The molecule has 0 aliphatic carbocycles. The minimum Gasteiger partial charge on any atom is -0.462 e. The monoisotopic (exact) mass is 401 g/mol. The van der Waals surface area contributed by atoms with Crippen molar-refractivity contribution in [3.8, 4) is 34.9 Å². The molecule has 0 fully saturated rings. The number of anilines is 1. The number of carbonyl (C=O) groups excluding carboxylic acids is 1. The van der Waals surface area contributed by atoms with Crippen LogP contribution in [0.4, 0.5) is 5.82 Å². The number of nitriles is 2. The van der Waals surface area contributed by atoms with E-state index in [0.29, 0.717) is 16.9 Å². The van der Waals surface area contributed by atoms with Gasteiger partial charge in [-0.05, 0) is 30.7 Å². The van der Waals surface area contributed by atoms with Gasteiger partial charge in [-0.2, -0.15) is 10.5 Å². The largest absolute Gasteiger partial charge is 0.462 e. The van der Waals surface area contributed by atoms with Crippen LogP contribution in [0.15, 0.2) is 47.4 Å². The maximum absolute atomic E-state index is 12.0. The highest BCUT2D eigenvalue weighted by atomic mass is 16.5. The van der Waals surface area contributed by atoms with Gasteiger partial charge in [-0.25, -0.2) is 9.78 Å². The molecule has 0 saturated carbocycles. The molecule has 0 radical (unpaired) electrons. The van der Waals surface area contributed by atoms with E-state index in [9.17, 15) is 20.1 Å². The molecule has 0 aliphatic rings. The van der Waals surface area contributed by atoms with Gasteiger partial charge < -0.3 is 20.2 Å². The lowest BCUT2D eigenvalue weighted by Crippen LogP contribution is -2.16. The normalized spacial score (nSPS) is 9.97. The highest BCUT2D eigenvalue weighted by Gasteiger charge is 2.18. The van der Waals surface area contributed by atoms with Crippen molar-refractivity contribution in [3.63, 3.8) is 0 Å². The summed E-state index contributed by atoms with van der Waals surface area (Å²) in [6, 6.07) is 13.0. The van der Waals surface area contributed by atoms with Crippen molar-refractivity contribution in [3.05, 3.63) is 69.6 Å². The number of nitrogen functional groups attached to an aromatic ring is 1. The Balaban J connectivity index is 1.94. The third kappa shape index (κ3) is 3.96. The van der Waals surface area contributed by atoms with Crippen molar-refractivity contribution in [2.45, 2.75) is 6.92 Å². The topological polar surface area (TPSA) is 155 Å². The van der Waals surface area contributed by atoms with Crippen LogP contribution < -0.4 is 16.0 Å². The molecule has 0 spiro atoms. The van der Waals surface area contributed by atoms with Crippen molar-refractivity contribution in [1.29, 1.82) is 10.5 Å². The number of hydrogen-bond donors (Lipinski definition) is 2. The molecule has 2 aromatic heterocycles. The van der Waals surface area contributed by atoms with Gasteiger partial charge >= 0.3 is 5.97 Å². The lowest BCUT2D eigenvalue weighted by molar-refractivity contribution is 0.0526. The van der Waals surface area contributed by atoms with Crippen LogP contribution in [-0.4, -0.2) is 22.5 Å². The van der Waals surface area contributed by atoms with Gasteiger partial charge in [-0.15, -0.1) is 0 Å². The van der Waals surface area contributed by atoms with E-state index < -0.39 is 11.5 Å². The smallest absolute Gasteiger partial charge is 0.338 e. The van der Waals surface area contributed by atoms with Crippen LogP contribution >= 0.6 is 0 Å². The fraction of sp³-hybridized carbons (Fsp3) is 0.0952. The number of nitrogens with two attached hydrogens (primary N) is 1. The number of benzene rings is 1. The van der Waals surface area contributed by atoms with Crippen LogP contribution in [-0.2, 0) is 4.74 Å². The number of aromatic nitrogens is 2. The van der Waals surface area contributed by atoms with Crippen LogP contribution in [0.1, 0.15) is 28.4 Å². The number of esters is 1. The average molecular weight is 401 g/mol. The fourth-order valence-corrected chi connectivity index (χ4v) is 2.75. The van der Waals surface area contributed by atoms with E-state index in [1.807, 2.05) is 12.1 Å². The second kappa shape index (κ2) is 8.59. The zero-order valence-electron chi connectivity index (χ0n) is 15.8. The van der Waals surface area contributed by atoms with E-state index in [4.69, 9.17) is 15.2 Å². The lowest BCUT2D eigenvalue weighted by Gasteiger charge is -2.10. The minimum atomic E-state index is -0.677. The number of rotatable bonds is 5. The molecule has 9 nitrogen and oxygen atoms in total. The summed E-state index contributed by atoms with van der Waals surface area (Å²) in [4.78, 5) is 30.2. The summed E-state index contributed by atoms with van der Waals surface area (Å²) in [6.07, 6.45) is 1.42. The van der Waals surface area contributed by atoms with Crippen molar-refractivity contribution in [2.24, 2.45) is 0 Å². The molecule has 3 rings (SSSR count). The minimum absolute atomic E-state index is 0.00335. The number of hydrogen-bond acceptors (Lipinski definition) is 8. The summed E-state index contributed by atoms with van der Waals surface area (Å²) in [6.45, 7) is 1.96. The first-order valence-electron chi connectivity index (χ1n) is 8.75. The summed E-state index contributed by atoms with van der Waals surface area (Å²) in [7, 11) is 0. The van der Waals surface area contributed by atoms with Crippen LogP contribution in [0, 0.1) is 22.7 Å². The summed E-state index contributed by atoms with van der Waals surface area (Å²) in [5, 5.41) is 18.7. The van der Waals surface area contributed by atoms with Gasteiger partial charge in [0.2, 0.25) is 5.88 Å². The zero-order valence-corrected chi connectivity index (χ0v) is 15.8. The Hall–Kier alpha value is -4.63. The zero-order chi connectivity index (χ0) is 21.7. The fourth-order valence-electron chi connectivity index (χ4n) is 2.75. The predicted molar refractivity (Wildman–Crippen MR) is 107 cm³/mol. The van der Waals surface area contributed by atoms with Gasteiger partial charge in [0, 0.05) is 17.8 Å². The molecule has 2 heterocycles. The molecule has 0 atom stereocenters.